The number of ether oxygens (including phenoxy) is 2. The summed E-state index contributed by atoms with van der Waals surface area (Å²) in [7, 11) is 0. The topological polar surface area (TPSA) is 59.9 Å². The Morgan fingerprint density at radius 3 is 2.43 bits per heavy atom. The zero-order valence-corrected chi connectivity index (χ0v) is 16.4. The van der Waals surface area contributed by atoms with Gasteiger partial charge in [0, 0.05) is 16.1 Å². The lowest BCUT2D eigenvalue weighted by Gasteiger charge is -2.11. The normalized spacial score (nSPS) is 10.9. The van der Waals surface area contributed by atoms with E-state index in [0.29, 0.717) is 16.3 Å². The lowest BCUT2D eigenvalue weighted by molar-refractivity contribution is -0.0499. The molecule has 0 saturated heterocycles. The molecule has 0 radical (unpaired) electrons. The number of benzene rings is 3. The summed E-state index contributed by atoms with van der Waals surface area (Å²) in [5, 5.41) is 4.40. The van der Waals surface area contributed by atoms with Crippen LogP contribution in [-0.2, 0) is 6.61 Å². The fourth-order valence-corrected chi connectivity index (χ4v) is 2.75. The molecule has 3 rings (SSSR count). The minimum Gasteiger partial charge on any atom is -0.488 e. The quantitative estimate of drug-likeness (QED) is 0.390. The van der Waals surface area contributed by atoms with Gasteiger partial charge in [0.25, 0.3) is 5.91 Å². The number of rotatable bonds is 8. The largest absolute Gasteiger partial charge is 0.488 e. The van der Waals surface area contributed by atoms with Crippen LogP contribution < -0.4 is 14.9 Å². The first kappa shape index (κ1) is 21.3. The molecular formula is C22H17ClF2N2O3. The molecule has 0 aliphatic rings. The lowest BCUT2D eigenvalue weighted by atomic mass is 10.2. The Morgan fingerprint density at radius 2 is 1.67 bits per heavy atom. The number of carbonyl (C=O) groups excluding carboxylic acids is 1. The minimum absolute atomic E-state index is 0.0472. The van der Waals surface area contributed by atoms with Crippen molar-refractivity contribution in [1.29, 1.82) is 0 Å². The highest BCUT2D eigenvalue weighted by molar-refractivity contribution is 6.31. The summed E-state index contributed by atoms with van der Waals surface area (Å²) in [5.41, 5.74) is 3.70. The maximum absolute atomic E-state index is 12.5. The maximum atomic E-state index is 12.5. The monoisotopic (exact) mass is 430 g/mol. The Kier molecular flexibility index (Phi) is 7.34. The van der Waals surface area contributed by atoms with E-state index in [9.17, 15) is 13.6 Å². The molecule has 0 aromatic heterocycles. The highest BCUT2D eigenvalue weighted by Gasteiger charge is 2.12. The SMILES string of the molecule is O=C(NN=Cc1ccccc1OC(F)F)c1ccccc1OCc1ccccc1Cl. The molecule has 0 atom stereocenters. The van der Waals surface area contributed by atoms with Crippen LogP contribution in [0.4, 0.5) is 8.78 Å². The highest BCUT2D eigenvalue weighted by Crippen LogP contribution is 2.22. The van der Waals surface area contributed by atoms with Gasteiger partial charge < -0.3 is 9.47 Å². The Morgan fingerprint density at radius 1 is 1.00 bits per heavy atom. The van der Waals surface area contributed by atoms with Gasteiger partial charge in [-0.25, -0.2) is 5.43 Å². The zero-order chi connectivity index (χ0) is 21.3. The number of halogens is 3. The predicted octanol–water partition coefficient (Wildman–Crippen LogP) is 5.28. The van der Waals surface area contributed by atoms with Crippen LogP contribution in [0, 0.1) is 0 Å². The van der Waals surface area contributed by atoms with Gasteiger partial charge in [-0.05, 0) is 30.3 Å². The Hall–Kier alpha value is -3.45. The van der Waals surface area contributed by atoms with Gasteiger partial charge in [0.1, 0.15) is 18.1 Å². The second kappa shape index (κ2) is 10.4. The van der Waals surface area contributed by atoms with E-state index in [1.165, 1.54) is 18.3 Å². The van der Waals surface area contributed by atoms with Crippen LogP contribution in [0.2, 0.25) is 5.02 Å². The first-order valence-corrected chi connectivity index (χ1v) is 9.25. The van der Waals surface area contributed by atoms with Crippen molar-refractivity contribution < 1.29 is 23.0 Å². The minimum atomic E-state index is -2.96. The van der Waals surface area contributed by atoms with E-state index >= 15 is 0 Å². The molecule has 0 heterocycles. The number of para-hydroxylation sites is 2. The third-order valence-electron chi connectivity index (χ3n) is 3.98. The summed E-state index contributed by atoms with van der Waals surface area (Å²) in [6.45, 7) is -2.78. The number of nitrogens with zero attached hydrogens (tertiary/aromatic N) is 1. The first-order chi connectivity index (χ1) is 14.5. The number of carbonyl (C=O) groups is 1. The van der Waals surface area contributed by atoms with Gasteiger partial charge in [0.05, 0.1) is 11.8 Å². The highest BCUT2D eigenvalue weighted by atomic mass is 35.5. The van der Waals surface area contributed by atoms with Crippen molar-refractivity contribution in [2.24, 2.45) is 5.10 Å². The van der Waals surface area contributed by atoms with Crippen LogP contribution >= 0.6 is 11.6 Å². The summed E-state index contributed by atoms with van der Waals surface area (Å²) >= 11 is 6.13. The number of nitrogens with one attached hydrogen (secondary N) is 1. The molecule has 3 aromatic rings. The molecule has 0 bridgehead atoms. The molecule has 0 fully saturated rings. The van der Waals surface area contributed by atoms with Crippen LogP contribution in [0.25, 0.3) is 0 Å². The van der Waals surface area contributed by atoms with Gasteiger partial charge in [-0.1, -0.05) is 54.1 Å². The lowest BCUT2D eigenvalue weighted by Crippen LogP contribution is -2.19. The Bertz CT molecular complexity index is 1040. The standard InChI is InChI=1S/C22H17ClF2N2O3/c23-18-10-4-1-8-16(18)14-29-20-12-6-3-9-17(20)21(28)27-26-13-15-7-2-5-11-19(15)30-22(24)25/h1-13,22H,14H2,(H,27,28). The van der Waals surface area contributed by atoms with E-state index in [2.05, 4.69) is 15.3 Å². The van der Waals surface area contributed by atoms with Crippen LogP contribution in [0.5, 0.6) is 11.5 Å². The third kappa shape index (κ3) is 5.78. The van der Waals surface area contributed by atoms with Crippen molar-refractivity contribution in [3.05, 3.63) is 94.5 Å². The number of amides is 1. The zero-order valence-electron chi connectivity index (χ0n) is 15.6. The summed E-state index contributed by atoms with van der Waals surface area (Å²) in [4.78, 5) is 12.5. The number of hydrogen-bond acceptors (Lipinski definition) is 4. The molecule has 0 aliphatic heterocycles. The van der Waals surface area contributed by atoms with Gasteiger partial charge in [0.2, 0.25) is 0 Å². The molecule has 0 aliphatic carbocycles. The van der Waals surface area contributed by atoms with Crippen LogP contribution in [0.3, 0.4) is 0 Å². The van der Waals surface area contributed by atoms with Crippen LogP contribution in [-0.4, -0.2) is 18.7 Å². The fraction of sp³-hybridized carbons (Fsp3) is 0.0909. The van der Waals surface area contributed by atoms with Crippen molar-refractivity contribution in [2.45, 2.75) is 13.2 Å². The predicted molar refractivity (Wildman–Crippen MR) is 110 cm³/mol. The van der Waals surface area contributed by atoms with Crippen molar-refractivity contribution in [3.63, 3.8) is 0 Å². The van der Waals surface area contributed by atoms with Gasteiger partial charge in [0.15, 0.2) is 0 Å². The summed E-state index contributed by atoms with van der Waals surface area (Å²) < 4.78 is 35.1. The smallest absolute Gasteiger partial charge is 0.387 e. The van der Waals surface area contributed by atoms with E-state index in [0.717, 1.165) is 5.56 Å². The molecule has 8 heteroatoms. The van der Waals surface area contributed by atoms with Crippen molar-refractivity contribution in [3.8, 4) is 11.5 Å². The summed E-state index contributed by atoms with van der Waals surface area (Å²) in [6, 6.07) is 20.0. The third-order valence-corrected chi connectivity index (χ3v) is 4.35. The van der Waals surface area contributed by atoms with E-state index < -0.39 is 12.5 Å². The molecule has 3 aromatic carbocycles. The molecule has 0 spiro atoms. The molecular weight excluding hydrogens is 414 g/mol. The van der Waals surface area contributed by atoms with Crippen molar-refractivity contribution in [2.75, 3.05) is 0 Å². The average Bonchev–Trinajstić information content (AvgIpc) is 2.74. The Balaban J connectivity index is 1.68. The molecule has 154 valence electrons. The fourth-order valence-electron chi connectivity index (χ4n) is 2.56. The molecule has 1 N–H and O–H groups in total. The van der Waals surface area contributed by atoms with E-state index in [-0.39, 0.29) is 17.9 Å². The summed E-state index contributed by atoms with van der Waals surface area (Å²) in [5.74, 6) is -0.214. The molecule has 0 saturated carbocycles. The average molecular weight is 431 g/mol. The van der Waals surface area contributed by atoms with Crippen LogP contribution in [0.1, 0.15) is 21.5 Å². The first-order valence-electron chi connectivity index (χ1n) is 8.87. The molecule has 5 nitrogen and oxygen atoms in total. The number of hydrogen-bond donors (Lipinski definition) is 1. The van der Waals surface area contributed by atoms with Gasteiger partial charge >= 0.3 is 6.61 Å². The van der Waals surface area contributed by atoms with Crippen molar-refractivity contribution in [1.82, 2.24) is 5.43 Å². The van der Waals surface area contributed by atoms with E-state index in [1.54, 1.807) is 42.5 Å². The number of alkyl halides is 2. The van der Waals surface area contributed by atoms with Gasteiger partial charge in [-0.15, -0.1) is 0 Å². The second-order valence-corrected chi connectivity index (χ2v) is 6.40. The van der Waals surface area contributed by atoms with Crippen molar-refractivity contribution >= 4 is 23.7 Å². The van der Waals surface area contributed by atoms with Gasteiger partial charge in [-0.3, -0.25) is 4.79 Å². The molecule has 0 unspecified atom stereocenters. The second-order valence-electron chi connectivity index (χ2n) is 5.99. The Labute approximate surface area is 176 Å². The van der Waals surface area contributed by atoms with Gasteiger partial charge in [-0.2, -0.15) is 13.9 Å². The summed E-state index contributed by atoms with van der Waals surface area (Å²) in [6.07, 6.45) is 1.23. The van der Waals surface area contributed by atoms with E-state index in [4.69, 9.17) is 16.3 Å². The number of hydrazone groups is 1. The van der Waals surface area contributed by atoms with E-state index in [1.807, 2.05) is 18.2 Å². The maximum Gasteiger partial charge on any atom is 0.387 e. The molecule has 1 amide bonds. The van der Waals surface area contributed by atoms with Crippen LogP contribution in [0.15, 0.2) is 77.9 Å². The molecule has 30 heavy (non-hydrogen) atoms.